The van der Waals surface area contributed by atoms with Gasteiger partial charge in [0, 0.05) is 0 Å². The van der Waals surface area contributed by atoms with Crippen LogP contribution >= 0.6 is 24.0 Å². The van der Waals surface area contributed by atoms with E-state index in [4.69, 9.17) is 2.81 Å². The van der Waals surface area contributed by atoms with E-state index in [2.05, 4.69) is 0 Å². The number of hydrogen-bond acceptors (Lipinski definition) is 1. The van der Waals surface area contributed by atoms with E-state index in [0.29, 0.717) is 0 Å². The van der Waals surface area contributed by atoms with Gasteiger partial charge in [0.2, 0.25) is 0 Å². The molecule has 0 aromatic rings. The molecule has 0 aliphatic carbocycles. The van der Waals surface area contributed by atoms with Crippen molar-refractivity contribution >= 4 is 48.7 Å². The third kappa shape index (κ3) is 8.90. The molecule has 0 heterocycles. The molecule has 0 unspecified atom stereocenters. The number of hydrogen-bond donors (Lipinski definition) is 0. The van der Waals surface area contributed by atoms with Crippen molar-refractivity contribution in [2.75, 3.05) is 0 Å². The van der Waals surface area contributed by atoms with Gasteiger partial charge in [-0.2, -0.15) is 0 Å². The van der Waals surface area contributed by atoms with Gasteiger partial charge in [0.25, 0.3) is 0 Å². The van der Waals surface area contributed by atoms with Crippen LogP contribution in [0, 0.1) is 0 Å². The maximum absolute atomic E-state index is 8.36. The number of halogens is 1. The van der Waals surface area contributed by atoms with E-state index in [1.807, 2.05) is 0 Å². The molecular formula is H2BiIKO. The van der Waals surface area contributed by atoms with Crippen LogP contribution in [0.2, 0.25) is 0 Å². The fourth-order valence-corrected chi connectivity index (χ4v) is 0. The molecule has 4 heteroatoms. The van der Waals surface area contributed by atoms with E-state index in [0.717, 1.165) is 0 Å². The van der Waals surface area contributed by atoms with Crippen molar-refractivity contribution in [3.63, 3.8) is 0 Å². The van der Waals surface area contributed by atoms with Crippen LogP contribution in [0.1, 0.15) is 1.43 Å². The predicted molar refractivity (Wildman–Crippen MR) is 23.0 cm³/mol. The Hall–Kier alpha value is 3.05. The van der Waals surface area contributed by atoms with Gasteiger partial charge in [-0.25, -0.2) is 0 Å². The monoisotopic (exact) mass is 393 g/mol. The predicted octanol–water partition coefficient (Wildman–Crippen LogP) is -2.77. The van der Waals surface area contributed by atoms with Crippen LogP contribution in [-0.2, 0) is 2.81 Å². The van der Waals surface area contributed by atoms with E-state index in [1.165, 1.54) is 0 Å². The van der Waals surface area contributed by atoms with Crippen LogP contribution in [0.4, 0.5) is 0 Å². The van der Waals surface area contributed by atoms with Gasteiger partial charge in [0.1, 0.15) is 0 Å². The van der Waals surface area contributed by atoms with Gasteiger partial charge in [-0.05, 0) is 0 Å². The van der Waals surface area contributed by atoms with Crippen molar-refractivity contribution < 1.29 is 55.6 Å². The molecule has 21 valence electrons. The fraction of sp³-hybridized carbons (Fsp3) is 0. The number of rotatable bonds is 0. The van der Waals surface area contributed by atoms with Gasteiger partial charge < -0.3 is 1.43 Å². The minimum atomic E-state index is 0. The summed E-state index contributed by atoms with van der Waals surface area (Å²) in [6, 6.07) is 0. The molecule has 0 aromatic carbocycles. The zero-order valence-electron chi connectivity index (χ0n) is 3.26. The second-order valence-electron chi connectivity index (χ2n) is 0. The average Bonchev–Trinajstić information content (AvgIpc) is 1.00. The van der Waals surface area contributed by atoms with E-state index in [1.54, 1.807) is 0 Å². The minimum absolute atomic E-state index is 0. The van der Waals surface area contributed by atoms with E-state index in [9.17, 15) is 0 Å². The summed E-state index contributed by atoms with van der Waals surface area (Å²) >= 11 is 0.194. The summed E-state index contributed by atoms with van der Waals surface area (Å²) in [6.45, 7) is 0. The standard InChI is InChI=1S/Bi.HI.K.O.H/h;1H;;;/q;;+1;;-1. The van der Waals surface area contributed by atoms with Gasteiger partial charge in [-0.1, -0.05) is 0 Å². The molecule has 0 amide bonds. The van der Waals surface area contributed by atoms with E-state index >= 15 is 0 Å². The normalized spacial score (nSPS) is 1.00. The Kier molecular flexibility index (Phi) is 65.2. The molecule has 0 aromatic heterocycles. The first-order valence-electron chi connectivity index (χ1n) is 0.183. The average molecular weight is 393 g/mol. The van der Waals surface area contributed by atoms with E-state index < -0.39 is 0 Å². The SMILES string of the molecule is I.[H-].[K+].[O]=[Bi]. The molecule has 0 saturated heterocycles. The summed E-state index contributed by atoms with van der Waals surface area (Å²) in [5.41, 5.74) is 0. The molecule has 1 nitrogen and oxygen atoms in total. The summed E-state index contributed by atoms with van der Waals surface area (Å²) in [4.78, 5) is 0. The molecule has 0 N–H and O–H groups in total. The van der Waals surface area contributed by atoms with Gasteiger partial charge in [0.15, 0.2) is 0 Å². The molecule has 0 fully saturated rings. The zero-order valence-corrected chi connectivity index (χ0v) is 11.2. The quantitative estimate of drug-likeness (QED) is 0.322. The summed E-state index contributed by atoms with van der Waals surface area (Å²) in [7, 11) is 0. The van der Waals surface area contributed by atoms with Crippen molar-refractivity contribution in [1.82, 2.24) is 0 Å². The molecule has 1 radical (unpaired) electrons. The van der Waals surface area contributed by atoms with E-state index in [-0.39, 0.29) is 102 Å². The second kappa shape index (κ2) is 16.6. The van der Waals surface area contributed by atoms with Crippen molar-refractivity contribution in [1.29, 1.82) is 0 Å². The van der Waals surface area contributed by atoms with Crippen molar-refractivity contribution in [3.8, 4) is 0 Å². The Labute approximate surface area is 102 Å². The summed E-state index contributed by atoms with van der Waals surface area (Å²) in [5, 5.41) is 0. The molecular weight excluding hydrogens is 391 g/mol. The van der Waals surface area contributed by atoms with Gasteiger partial charge >= 0.3 is 78.9 Å². The molecule has 0 saturated carbocycles. The Morgan fingerprint density at radius 1 is 1.50 bits per heavy atom. The molecule has 0 rings (SSSR count). The van der Waals surface area contributed by atoms with Crippen LogP contribution < -0.4 is 51.4 Å². The first kappa shape index (κ1) is 15.7. The van der Waals surface area contributed by atoms with Crippen LogP contribution in [-0.4, -0.2) is 24.7 Å². The zero-order chi connectivity index (χ0) is 2.00. The van der Waals surface area contributed by atoms with Gasteiger partial charge in [-0.15, -0.1) is 24.0 Å². The van der Waals surface area contributed by atoms with Crippen molar-refractivity contribution in [3.05, 3.63) is 0 Å². The van der Waals surface area contributed by atoms with Crippen LogP contribution in [0.15, 0.2) is 0 Å². The van der Waals surface area contributed by atoms with Crippen molar-refractivity contribution in [2.45, 2.75) is 0 Å². The summed E-state index contributed by atoms with van der Waals surface area (Å²) < 4.78 is 8.36. The Morgan fingerprint density at radius 3 is 1.50 bits per heavy atom. The van der Waals surface area contributed by atoms with Crippen LogP contribution in [0.3, 0.4) is 0 Å². The first-order chi connectivity index (χ1) is 1.00. The first-order valence-corrected chi connectivity index (χ1v) is 1.60. The topological polar surface area (TPSA) is 17.1 Å². The summed E-state index contributed by atoms with van der Waals surface area (Å²) in [5.74, 6) is 0. The van der Waals surface area contributed by atoms with Crippen LogP contribution in [0.5, 0.6) is 0 Å². The van der Waals surface area contributed by atoms with Gasteiger partial charge in [-0.3, -0.25) is 0 Å². The molecule has 0 atom stereocenters. The maximum atomic E-state index is 8.36. The Bertz CT molecular complexity index is 11.6. The third-order valence-corrected chi connectivity index (χ3v) is 0. The van der Waals surface area contributed by atoms with Crippen molar-refractivity contribution in [2.24, 2.45) is 0 Å². The molecule has 0 spiro atoms. The molecule has 0 bridgehead atoms. The second-order valence-corrected chi connectivity index (χ2v) is 0. The Morgan fingerprint density at radius 2 is 1.50 bits per heavy atom. The Balaban J connectivity index is -0.00000000167. The third-order valence-electron chi connectivity index (χ3n) is 0. The van der Waals surface area contributed by atoms with Gasteiger partial charge in [0.05, 0.1) is 0 Å². The molecule has 0 aliphatic rings. The molecule has 0 aliphatic heterocycles. The summed E-state index contributed by atoms with van der Waals surface area (Å²) in [6.07, 6.45) is 0. The molecule has 4 heavy (non-hydrogen) atoms. The van der Waals surface area contributed by atoms with Crippen LogP contribution in [0.25, 0.3) is 0 Å². The fourth-order valence-electron chi connectivity index (χ4n) is 0.